The van der Waals surface area contributed by atoms with Gasteiger partial charge in [0.2, 0.25) is 5.65 Å². The molecule has 1 rings (SSSR count). The quantitative estimate of drug-likeness (QED) is 0.648. The van der Waals surface area contributed by atoms with Gasteiger partial charge in [0.05, 0.1) is 20.3 Å². The van der Waals surface area contributed by atoms with Crippen molar-refractivity contribution >= 4 is 27.5 Å². The zero-order chi connectivity index (χ0) is 14.8. The van der Waals surface area contributed by atoms with Crippen LogP contribution in [0, 0.1) is 0 Å². The van der Waals surface area contributed by atoms with Crippen molar-refractivity contribution in [3.63, 3.8) is 0 Å². The zero-order valence-corrected chi connectivity index (χ0v) is 13.8. The van der Waals surface area contributed by atoms with Crippen molar-refractivity contribution < 1.29 is 14.3 Å². The second kappa shape index (κ2) is 9.93. The highest BCUT2D eigenvalue weighted by Crippen LogP contribution is 2.30. The van der Waals surface area contributed by atoms with Gasteiger partial charge in [-0.05, 0) is 21.4 Å². The maximum atomic E-state index is 11.1. The molecule has 0 aromatic heterocycles. The van der Waals surface area contributed by atoms with Crippen LogP contribution >= 0.6 is 21.9 Å². The van der Waals surface area contributed by atoms with E-state index >= 15 is 0 Å². The molecule has 0 bridgehead atoms. The number of hydrogen-bond donors (Lipinski definition) is 2. The number of carbonyl (C=O) groups excluding carboxylic acids is 1. The molecule has 0 aliphatic rings. The molecule has 0 radical (unpaired) electrons. The molecule has 0 aliphatic carbocycles. The van der Waals surface area contributed by atoms with E-state index in [0.29, 0.717) is 17.3 Å². The van der Waals surface area contributed by atoms with Crippen molar-refractivity contribution in [2.45, 2.75) is 19.9 Å². The third-order valence-corrected chi connectivity index (χ3v) is 2.85. The number of ether oxygens (including phenoxy) is 2. The van der Waals surface area contributed by atoms with E-state index in [4.69, 9.17) is 9.47 Å². The third kappa shape index (κ3) is 5.70. The molecule has 19 heavy (non-hydrogen) atoms. The fourth-order valence-electron chi connectivity index (χ4n) is 1.50. The summed E-state index contributed by atoms with van der Waals surface area (Å²) in [5.41, 5.74) is 0.695. The molecule has 0 spiro atoms. The first-order chi connectivity index (χ1) is 9.12. The summed E-state index contributed by atoms with van der Waals surface area (Å²) in [6.45, 7) is 4.00. The predicted molar refractivity (Wildman–Crippen MR) is 85.7 cm³/mol. The molecule has 1 aromatic rings. The number of amides is 1. The lowest BCUT2D eigenvalue weighted by atomic mass is 10.1. The molecule has 0 heterocycles. The van der Waals surface area contributed by atoms with Gasteiger partial charge >= 0.3 is 0 Å². The number of hydrogen-bond acceptors (Lipinski definition) is 4. The fraction of sp³-hybridized carbons (Fsp3) is 0.462. The van der Waals surface area contributed by atoms with Crippen LogP contribution in [0.2, 0.25) is 0 Å². The molecule has 1 aromatic carbocycles. The van der Waals surface area contributed by atoms with Crippen molar-refractivity contribution in [2.24, 2.45) is 0 Å². The van der Waals surface area contributed by atoms with Crippen molar-refractivity contribution in [1.82, 2.24) is 5.32 Å². The molecular formula is C13H22NO3PS. The minimum Gasteiger partial charge on any atom is -0.497 e. The first-order valence-corrected chi connectivity index (χ1v) is 7.22. The Morgan fingerprint density at radius 3 is 2.42 bits per heavy atom. The van der Waals surface area contributed by atoms with Crippen molar-refractivity contribution in [2.75, 3.05) is 20.0 Å². The Morgan fingerprint density at radius 2 is 2.00 bits per heavy atom. The summed E-state index contributed by atoms with van der Waals surface area (Å²) in [5.74, 6) is 1.87. The Balaban J connectivity index is 0.00000154. The van der Waals surface area contributed by atoms with Gasteiger partial charge in [-0.1, -0.05) is 13.8 Å². The Labute approximate surface area is 122 Å². The van der Waals surface area contributed by atoms with Crippen LogP contribution in [0.25, 0.3) is 0 Å². The highest BCUT2D eigenvalue weighted by atomic mass is 32.1. The van der Waals surface area contributed by atoms with E-state index in [1.165, 1.54) is 0 Å². The van der Waals surface area contributed by atoms with Crippen LogP contribution in [0.1, 0.15) is 25.5 Å². The number of rotatable bonds is 5. The minimum atomic E-state index is -0.191. The van der Waals surface area contributed by atoms with E-state index in [1.807, 2.05) is 26.0 Å². The summed E-state index contributed by atoms with van der Waals surface area (Å²) in [4.78, 5) is 11.1. The lowest BCUT2D eigenvalue weighted by Crippen LogP contribution is -2.25. The summed E-state index contributed by atoms with van der Waals surface area (Å²) >= 11 is 4.23. The van der Waals surface area contributed by atoms with E-state index in [2.05, 4.69) is 27.2 Å². The van der Waals surface area contributed by atoms with Crippen molar-refractivity contribution in [1.29, 1.82) is 0 Å². The van der Waals surface area contributed by atoms with Gasteiger partial charge in [0, 0.05) is 17.4 Å². The van der Waals surface area contributed by atoms with Crippen molar-refractivity contribution in [3.05, 3.63) is 23.8 Å². The maximum absolute atomic E-state index is 11.1. The molecule has 6 heteroatoms. The second-order valence-corrected chi connectivity index (χ2v) is 4.24. The Morgan fingerprint density at radius 1 is 1.37 bits per heavy atom. The van der Waals surface area contributed by atoms with Gasteiger partial charge < -0.3 is 14.8 Å². The monoisotopic (exact) mass is 303 g/mol. The first kappa shape index (κ1) is 18.1. The number of methoxy groups -OCH3 is 2. The highest BCUT2D eigenvalue weighted by molar-refractivity contribution is 7.80. The molecule has 2 atom stereocenters. The van der Waals surface area contributed by atoms with Crippen LogP contribution in [-0.2, 0) is 0 Å². The Hall–Kier alpha value is -0.930. The maximum Gasteiger partial charge on any atom is 0.235 e. The number of benzene rings is 1. The SMILES string of the molecule is CC.COc1ccc(C(CS)NC(=O)P)c(OC)c1. The summed E-state index contributed by atoms with van der Waals surface area (Å²) in [5, 5.41) is 2.78. The van der Waals surface area contributed by atoms with E-state index in [0.717, 1.165) is 5.56 Å². The first-order valence-electron chi connectivity index (χ1n) is 6.01. The fourth-order valence-corrected chi connectivity index (χ4v) is 1.99. The average molecular weight is 303 g/mol. The molecule has 0 saturated heterocycles. The van der Waals surface area contributed by atoms with Gasteiger partial charge in [-0.25, -0.2) is 0 Å². The average Bonchev–Trinajstić information content (AvgIpc) is 2.46. The van der Waals surface area contributed by atoms with E-state index < -0.39 is 0 Å². The molecule has 0 saturated carbocycles. The number of carbonyl (C=O) groups is 1. The zero-order valence-electron chi connectivity index (χ0n) is 11.8. The van der Waals surface area contributed by atoms with Gasteiger partial charge in [-0.2, -0.15) is 12.6 Å². The smallest absolute Gasteiger partial charge is 0.235 e. The normalized spacial score (nSPS) is 10.8. The Bertz CT molecular complexity index is 401. The Kier molecular flexibility index (Phi) is 9.44. The third-order valence-electron chi connectivity index (χ3n) is 2.32. The second-order valence-electron chi connectivity index (χ2n) is 3.35. The van der Waals surface area contributed by atoms with Gasteiger partial charge in [0.15, 0.2) is 0 Å². The van der Waals surface area contributed by atoms with E-state index in [9.17, 15) is 4.79 Å². The van der Waals surface area contributed by atoms with Crippen LogP contribution < -0.4 is 14.8 Å². The summed E-state index contributed by atoms with van der Waals surface area (Å²) in [6, 6.07) is 5.27. The standard InChI is InChI=1S/C11H16NO3PS.C2H6/c1-14-7-3-4-8(10(5-7)15-2)9(6-17)12-11(13)16;1-2/h3-5,9,17H,6,16H2,1-2H3,(H,12,13);1-2H3. The highest BCUT2D eigenvalue weighted by Gasteiger charge is 2.16. The molecule has 2 unspecified atom stereocenters. The van der Waals surface area contributed by atoms with Gasteiger partial charge in [-0.15, -0.1) is 0 Å². The topological polar surface area (TPSA) is 47.6 Å². The van der Waals surface area contributed by atoms with Gasteiger partial charge in [0.1, 0.15) is 11.5 Å². The molecule has 4 nitrogen and oxygen atoms in total. The van der Waals surface area contributed by atoms with Crippen LogP contribution in [0.4, 0.5) is 4.79 Å². The van der Waals surface area contributed by atoms with E-state index in [-0.39, 0.29) is 11.7 Å². The molecule has 1 N–H and O–H groups in total. The lowest BCUT2D eigenvalue weighted by molar-refractivity contribution is 0.258. The predicted octanol–water partition coefficient (Wildman–Crippen LogP) is 3.29. The number of thiol groups is 1. The summed E-state index contributed by atoms with van der Waals surface area (Å²) < 4.78 is 10.4. The summed E-state index contributed by atoms with van der Waals surface area (Å²) in [7, 11) is 5.25. The van der Waals surface area contributed by atoms with Crippen molar-refractivity contribution in [3.8, 4) is 11.5 Å². The molecule has 108 valence electrons. The van der Waals surface area contributed by atoms with Crippen LogP contribution in [0.3, 0.4) is 0 Å². The molecular weight excluding hydrogens is 281 g/mol. The molecule has 0 fully saturated rings. The van der Waals surface area contributed by atoms with Crippen LogP contribution in [0.15, 0.2) is 18.2 Å². The number of nitrogens with one attached hydrogen (secondary N) is 1. The van der Waals surface area contributed by atoms with Crippen LogP contribution in [0.5, 0.6) is 11.5 Å². The van der Waals surface area contributed by atoms with E-state index in [1.54, 1.807) is 20.3 Å². The van der Waals surface area contributed by atoms with Crippen LogP contribution in [-0.4, -0.2) is 25.6 Å². The summed E-state index contributed by atoms with van der Waals surface area (Å²) in [6.07, 6.45) is 0. The van der Waals surface area contributed by atoms with Gasteiger partial charge in [-0.3, -0.25) is 4.79 Å². The largest absolute Gasteiger partial charge is 0.497 e. The van der Waals surface area contributed by atoms with Gasteiger partial charge in [0.25, 0.3) is 0 Å². The lowest BCUT2D eigenvalue weighted by Gasteiger charge is -2.19. The molecule has 1 amide bonds. The minimum absolute atomic E-state index is 0.179. The molecule has 0 aliphatic heterocycles.